The van der Waals surface area contributed by atoms with Gasteiger partial charge in [-0.05, 0) is 43.7 Å². The van der Waals surface area contributed by atoms with Crippen LogP contribution in [0.1, 0.15) is 18.4 Å². The number of likely N-dealkylation sites (tertiary alicyclic amines) is 1. The zero-order valence-corrected chi connectivity index (χ0v) is 12.9. The van der Waals surface area contributed by atoms with Crippen molar-refractivity contribution in [3.05, 3.63) is 29.8 Å². The van der Waals surface area contributed by atoms with Crippen LogP contribution in [0.15, 0.2) is 24.3 Å². The van der Waals surface area contributed by atoms with E-state index in [4.69, 9.17) is 9.47 Å². The molecule has 1 fully saturated rings. The van der Waals surface area contributed by atoms with E-state index in [-0.39, 0.29) is 5.91 Å². The van der Waals surface area contributed by atoms with E-state index in [0.29, 0.717) is 19.3 Å². The smallest absolute Gasteiger partial charge is 0.246 e. The van der Waals surface area contributed by atoms with Crippen LogP contribution in [-0.4, -0.2) is 50.2 Å². The zero-order chi connectivity index (χ0) is 15.4. The van der Waals surface area contributed by atoms with Crippen LogP contribution in [0, 0.1) is 0 Å². The number of benzene rings is 1. The van der Waals surface area contributed by atoms with Crippen LogP contribution in [-0.2, 0) is 4.79 Å². The molecular formula is C17H22N2O3. The van der Waals surface area contributed by atoms with Gasteiger partial charge in [0.15, 0.2) is 11.5 Å². The SMILES string of the molecule is CNCC1CCCN1C(=O)/C=C/c1ccc2c(c1)OCCO2. The fraction of sp³-hybridized carbons (Fsp3) is 0.471. The number of nitrogens with one attached hydrogen (secondary N) is 1. The Morgan fingerprint density at radius 1 is 1.36 bits per heavy atom. The molecule has 118 valence electrons. The third-order valence-electron chi connectivity index (χ3n) is 4.08. The number of rotatable bonds is 4. The molecule has 0 bridgehead atoms. The van der Waals surface area contributed by atoms with Gasteiger partial charge in [-0.2, -0.15) is 0 Å². The Bertz CT molecular complexity index is 571. The molecule has 1 N–H and O–H groups in total. The highest BCUT2D eigenvalue weighted by molar-refractivity contribution is 5.92. The first-order valence-corrected chi connectivity index (χ1v) is 7.81. The van der Waals surface area contributed by atoms with Gasteiger partial charge in [-0.1, -0.05) is 6.07 Å². The molecule has 5 heteroatoms. The molecule has 2 aliphatic heterocycles. The third-order valence-corrected chi connectivity index (χ3v) is 4.08. The minimum Gasteiger partial charge on any atom is -0.486 e. The topological polar surface area (TPSA) is 50.8 Å². The first-order valence-electron chi connectivity index (χ1n) is 7.81. The molecule has 1 unspecified atom stereocenters. The first-order chi connectivity index (χ1) is 10.8. The van der Waals surface area contributed by atoms with Gasteiger partial charge in [-0.15, -0.1) is 0 Å². The minimum atomic E-state index is 0.0765. The summed E-state index contributed by atoms with van der Waals surface area (Å²) in [7, 11) is 1.92. The highest BCUT2D eigenvalue weighted by Gasteiger charge is 2.26. The maximum Gasteiger partial charge on any atom is 0.246 e. The Hall–Kier alpha value is -2.01. The van der Waals surface area contributed by atoms with E-state index in [2.05, 4.69) is 5.32 Å². The molecule has 3 rings (SSSR count). The summed E-state index contributed by atoms with van der Waals surface area (Å²) in [5, 5.41) is 3.15. The van der Waals surface area contributed by atoms with Crippen molar-refractivity contribution in [2.75, 3.05) is 33.4 Å². The second-order valence-electron chi connectivity index (χ2n) is 5.62. The molecule has 0 aliphatic carbocycles. The molecule has 2 aliphatic rings. The summed E-state index contributed by atoms with van der Waals surface area (Å²) in [6.07, 6.45) is 5.65. The number of carbonyl (C=O) groups excluding carboxylic acids is 1. The van der Waals surface area contributed by atoms with Gasteiger partial charge >= 0.3 is 0 Å². The van der Waals surface area contributed by atoms with Gasteiger partial charge in [0.25, 0.3) is 0 Å². The molecule has 0 aromatic heterocycles. The molecule has 22 heavy (non-hydrogen) atoms. The lowest BCUT2D eigenvalue weighted by molar-refractivity contribution is -0.126. The van der Waals surface area contributed by atoms with E-state index in [1.165, 1.54) is 0 Å². The molecule has 1 atom stereocenters. The van der Waals surface area contributed by atoms with Gasteiger partial charge in [0, 0.05) is 25.2 Å². The summed E-state index contributed by atoms with van der Waals surface area (Å²) >= 11 is 0. The summed E-state index contributed by atoms with van der Waals surface area (Å²) in [4.78, 5) is 14.3. The highest BCUT2D eigenvalue weighted by Crippen LogP contribution is 2.31. The predicted molar refractivity (Wildman–Crippen MR) is 85.1 cm³/mol. The summed E-state index contributed by atoms with van der Waals surface area (Å²) in [5.74, 6) is 1.59. The van der Waals surface area contributed by atoms with Crippen LogP contribution >= 0.6 is 0 Å². The monoisotopic (exact) mass is 302 g/mol. The van der Waals surface area contributed by atoms with E-state index >= 15 is 0 Å². The average molecular weight is 302 g/mol. The predicted octanol–water partition coefficient (Wildman–Crippen LogP) is 1.68. The Labute approximate surface area is 130 Å². The molecular weight excluding hydrogens is 280 g/mol. The largest absolute Gasteiger partial charge is 0.486 e. The van der Waals surface area contributed by atoms with Crippen molar-refractivity contribution in [1.29, 1.82) is 0 Å². The number of amides is 1. The van der Waals surface area contributed by atoms with Crippen molar-refractivity contribution in [2.24, 2.45) is 0 Å². The van der Waals surface area contributed by atoms with E-state index in [1.807, 2.05) is 36.2 Å². The van der Waals surface area contributed by atoms with E-state index < -0.39 is 0 Å². The molecule has 0 radical (unpaired) electrons. The number of hydrogen-bond acceptors (Lipinski definition) is 4. The number of nitrogens with zero attached hydrogens (tertiary/aromatic N) is 1. The normalized spacial score (nSPS) is 20.6. The molecule has 0 spiro atoms. The number of ether oxygens (including phenoxy) is 2. The van der Waals surface area contributed by atoms with Crippen molar-refractivity contribution in [3.63, 3.8) is 0 Å². The highest BCUT2D eigenvalue weighted by atomic mass is 16.6. The van der Waals surface area contributed by atoms with Crippen LogP contribution in [0.25, 0.3) is 6.08 Å². The van der Waals surface area contributed by atoms with Gasteiger partial charge < -0.3 is 19.7 Å². The van der Waals surface area contributed by atoms with Gasteiger partial charge in [-0.25, -0.2) is 0 Å². The lowest BCUT2D eigenvalue weighted by Crippen LogP contribution is -2.39. The number of hydrogen-bond donors (Lipinski definition) is 1. The summed E-state index contributed by atoms with van der Waals surface area (Å²) in [5.41, 5.74) is 0.946. The van der Waals surface area contributed by atoms with Gasteiger partial charge in [-0.3, -0.25) is 4.79 Å². The van der Waals surface area contributed by atoms with Gasteiger partial charge in [0.2, 0.25) is 5.91 Å². The van der Waals surface area contributed by atoms with Crippen LogP contribution in [0.5, 0.6) is 11.5 Å². The molecule has 1 amide bonds. The second kappa shape index (κ2) is 6.83. The van der Waals surface area contributed by atoms with Crippen molar-refractivity contribution in [2.45, 2.75) is 18.9 Å². The number of likely N-dealkylation sites (N-methyl/N-ethyl adjacent to an activating group) is 1. The Kier molecular flexibility index (Phi) is 4.63. The first kappa shape index (κ1) is 14.9. The van der Waals surface area contributed by atoms with Crippen LogP contribution < -0.4 is 14.8 Å². The molecule has 1 saturated heterocycles. The van der Waals surface area contributed by atoms with Crippen molar-refractivity contribution in [1.82, 2.24) is 10.2 Å². The Balaban J connectivity index is 1.67. The van der Waals surface area contributed by atoms with Crippen LogP contribution in [0.3, 0.4) is 0 Å². The van der Waals surface area contributed by atoms with Crippen molar-refractivity contribution < 1.29 is 14.3 Å². The summed E-state index contributed by atoms with van der Waals surface area (Å²) in [6, 6.07) is 6.04. The molecule has 5 nitrogen and oxygen atoms in total. The second-order valence-corrected chi connectivity index (χ2v) is 5.62. The van der Waals surface area contributed by atoms with E-state index in [1.54, 1.807) is 6.08 Å². The van der Waals surface area contributed by atoms with Crippen LogP contribution in [0.2, 0.25) is 0 Å². The fourth-order valence-electron chi connectivity index (χ4n) is 3.00. The molecule has 1 aromatic rings. The van der Waals surface area contributed by atoms with Gasteiger partial charge in [0.05, 0.1) is 0 Å². The quantitative estimate of drug-likeness (QED) is 0.860. The lowest BCUT2D eigenvalue weighted by atomic mass is 10.1. The third kappa shape index (κ3) is 3.25. The number of carbonyl (C=O) groups is 1. The Morgan fingerprint density at radius 3 is 3.00 bits per heavy atom. The number of fused-ring (bicyclic) bond motifs is 1. The van der Waals surface area contributed by atoms with E-state index in [9.17, 15) is 4.79 Å². The average Bonchev–Trinajstić information content (AvgIpc) is 3.01. The maximum absolute atomic E-state index is 12.3. The lowest BCUT2D eigenvalue weighted by Gasteiger charge is -2.23. The van der Waals surface area contributed by atoms with Crippen molar-refractivity contribution in [3.8, 4) is 11.5 Å². The van der Waals surface area contributed by atoms with E-state index in [0.717, 1.165) is 43.0 Å². The zero-order valence-electron chi connectivity index (χ0n) is 12.9. The molecule has 1 aromatic carbocycles. The van der Waals surface area contributed by atoms with Gasteiger partial charge in [0.1, 0.15) is 13.2 Å². The summed E-state index contributed by atoms with van der Waals surface area (Å²) in [6.45, 7) is 2.85. The van der Waals surface area contributed by atoms with Crippen LogP contribution in [0.4, 0.5) is 0 Å². The summed E-state index contributed by atoms with van der Waals surface area (Å²) < 4.78 is 11.1. The Morgan fingerprint density at radius 2 is 2.18 bits per heavy atom. The molecule has 2 heterocycles. The maximum atomic E-state index is 12.3. The molecule has 0 saturated carbocycles. The fourth-order valence-corrected chi connectivity index (χ4v) is 3.00. The minimum absolute atomic E-state index is 0.0765. The standard InChI is InChI=1S/C17H22N2O3/c1-18-12-14-3-2-8-19(14)17(20)7-5-13-4-6-15-16(11-13)22-10-9-21-15/h4-7,11,14,18H,2-3,8-10,12H2,1H3/b7-5+. The van der Waals surface area contributed by atoms with Crippen molar-refractivity contribution >= 4 is 12.0 Å².